The molecule has 5 nitrogen and oxygen atoms in total. The number of hydrogen-bond donors (Lipinski definition) is 1. The lowest BCUT2D eigenvalue weighted by atomic mass is 10.2. The van der Waals surface area contributed by atoms with Crippen LogP contribution in [0.15, 0.2) is 88.3 Å². The molecule has 1 heterocycles. The van der Waals surface area contributed by atoms with Crippen molar-refractivity contribution in [2.75, 3.05) is 16.8 Å². The van der Waals surface area contributed by atoms with E-state index in [-0.39, 0.29) is 21.3 Å². The Hall–Kier alpha value is -2.93. The Morgan fingerprint density at radius 2 is 1.66 bits per heavy atom. The van der Waals surface area contributed by atoms with Gasteiger partial charge in [0.25, 0.3) is 11.8 Å². The number of anilines is 2. The summed E-state index contributed by atoms with van der Waals surface area (Å²) >= 11 is 13.5. The van der Waals surface area contributed by atoms with E-state index in [2.05, 4.69) is 5.32 Å². The van der Waals surface area contributed by atoms with Crippen LogP contribution in [-0.4, -0.2) is 18.4 Å². The molecule has 3 aromatic carbocycles. The van der Waals surface area contributed by atoms with Crippen molar-refractivity contribution in [1.82, 2.24) is 0 Å². The minimum absolute atomic E-state index is 0.180. The third-order valence-electron chi connectivity index (χ3n) is 4.59. The molecule has 4 rings (SSSR count). The Labute approximate surface area is 200 Å². The highest BCUT2D eigenvalue weighted by atomic mass is 35.5. The average Bonchev–Trinajstić information content (AvgIpc) is 3.00. The number of nitrogens with one attached hydrogen (secondary N) is 1. The number of amides is 2. The van der Waals surface area contributed by atoms with Crippen molar-refractivity contribution in [2.24, 2.45) is 0 Å². The van der Waals surface area contributed by atoms with Crippen molar-refractivity contribution in [3.05, 3.63) is 93.4 Å². The lowest BCUT2D eigenvalue weighted by Gasteiger charge is -2.17. The van der Waals surface area contributed by atoms with E-state index in [9.17, 15) is 9.59 Å². The van der Waals surface area contributed by atoms with E-state index in [4.69, 9.17) is 27.9 Å². The molecule has 0 radical (unpaired) electrons. The summed E-state index contributed by atoms with van der Waals surface area (Å²) in [6.07, 6.45) is 0. The van der Waals surface area contributed by atoms with Gasteiger partial charge < -0.3 is 10.1 Å². The second kappa shape index (κ2) is 9.69. The Kier molecular flexibility index (Phi) is 6.74. The Balaban J connectivity index is 1.72. The van der Waals surface area contributed by atoms with Crippen LogP contribution in [-0.2, 0) is 9.59 Å². The van der Waals surface area contributed by atoms with E-state index < -0.39 is 11.8 Å². The molecular weight excluding hydrogens is 467 g/mol. The first kappa shape index (κ1) is 22.3. The third-order valence-corrected chi connectivity index (χ3v) is 6.22. The third kappa shape index (κ3) is 4.63. The molecule has 3 aromatic rings. The quantitative estimate of drug-likeness (QED) is 0.394. The fourth-order valence-corrected chi connectivity index (χ4v) is 4.59. The van der Waals surface area contributed by atoms with Gasteiger partial charge in [-0.25, -0.2) is 4.90 Å². The standard InChI is InChI=1S/C24H18Cl2N2O3S/c1-2-31-17-11-9-16(10-12-17)27-21-22(32-18-6-4-3-5-7-18)24(30)28(23(21)29)20-13-8-15(25)14-19(20)26/h3-14,27H,2H2,1H3. The van der Waals surface area contributed by atoms with Crippen LogP contribution < -0.4 is 15.0 Å². The van der Waals surface area contributed by atoms with Gasteiger partial charge in [-0.2, -0.15) is 0 Å². The predicted octanol–water partition coefficient (Wildman–Crippen LogP) is 6.38. The number of thioether (sulfide) groups is 1. The summed E-state index contributed by atoms with van der Waals surface area (Å²) < 4.78 is 5.47. The molecule has 0 saturated heterocycles. The molecule has 0 atom stereocenters. The van der Waals surface area contributed by atoms with Crippen molar-refractivity contribution in [3.8, 4) is 5.75 Å². The molecule has 0 spiro atoms. The maximum Gasteiger partial charge on any atom is 0.283 e. The van der Waals surface area contributed by atoms with Gasteiger partial charge in [0.2, 0.25) is 0 Å². The Bertz CT molecular complexity index is 1200. The summed E-state index contributed by atoms with van der Waals surface area (Å²) in [6.45, 7) is 2.46. The molecule has 0 bridgehead atoms. The number of carbonyl (C=O) groups is 2. The lowest BCUT2D eigenvalue weighted by molar-refractivity contribution is -0.120. The molecule has 0 aromatic heterocycles. The highest BCUT2D eigenvalue weighted by Gasteiger charge is 2.41. The topological polar surface area (TPSA) is 58.6 Å². The fraction of sp³-hybridized carbons (Fsp3) is 0.0833. The zero-order valence-corrected chi connectivity index (χ0v) is 19.3. The summed E-state index contributed by atoms with van der Waals surface area (Å²) in [5.41, 5.74) is 1.11. The van der Waals surface area contributed by atoms with Gasteiger partial charge >= 0.3 is 0 Å². The molecule has 8 heteroatoms. The van der Waals surface area contributed by atoms with E-state index in [0.29, 0.717) is 23.1 Å². The monoisotopic (exact) mass is 484 g/mol. The molecule has 32 heavy (non-hydrogen) atoms. The molecule has 0 unspecified atom stereocenters. The summed E-state index contributed by atoms with van der Waals surface area (Å²) in [5, 5.41) is 3.74. The average molecular weight is 485 g/mol. The normalized spacial score (nSPS) is 13.7. The fourth-order valence-electron chi connectivity index (χ4n) is 3.15. The highest BCUT2D eigenvalue weighted by Crippen LogP contribution is 2.40. The van der Waals surface area contributed by atoms with Crippen LogP contribution in [0.3, 0.4) is 0 Å². The maximum absolute atomic E-state index is 13.4. The zero-order valence-electron chi connectivity index (χ0n) is 17.0. The number of carbonyl (C=O) groups excluding carboxylic acids is 2. The number of halogens is 2. The first-order chi connectivity index (χ1) is 15.5. The van der Waals surface area contributed by atoms with Gasteiger partial charge in [-0.1, -0.05) is 53.2 Å². The Morgan fingerprint density at radius 1 is 0.938 bits per heavy atom. The van der Waals surface area contributed by atoms with Crippen molar-refractivity contribution in [1.29, 1.82) is 0 Å². The first-order valence-electron chi connectivity index (χ1n) is 9.79. The number of ether oxygens (including phenoxy) is 1. The van der Waals surface area contributed by atoms with Gasteiger partial charge in [0.05, 0.1) is 17.3 Å². The SMILES string of the molecule is CCOc1ccc(NC2=C(Sc3ccccc3)C(=O)N(c3ccc(Cl)cc3Cl)C2=O)cc1. The largest absolute Gasteiger partial charge is 0.494 e. The molecule has 162 valence electrons. The van der Waals surface area contributed by atoms with Crippen molar-refractivity contribution in [3.63, 3.8) is 0 Å². The maximum atomic E-state index is 13.4. The minimum Gasteiger partial charge on any atom is -0.494 e. The van der Waals surface area contributed by atoms with Crippen LogP contribution >= 0.6 is 35.0 Å². The predicted molar refractivity (Wildman–Crippen MR) is 130 cm³/mol. The van der Waals surface area contributed by atoms with Gasteiger partial charge in [0.1, 0.15) is 16.4 Å². The molecule has 0 aliphatic carbocycles. The molecule has 2 amide bonds. The Morgan fingerprint density at radius 3 is 2.31 bits per heavy atom. The second-order valence-electron chi connectivity index (χ2n) is 6.74. The van der Waals surface area contributed by atoms with E-state index in [1.165, 1.54) is 17.8 Å². The number of imide groups is 1. The van der Waals surface area contributed by atoms with E-state index >= 15 is 0 Å². The van der Waals surface area contributed by atoms with Crippen LogP contribution in [0.25, 0.3) is 0 Å². The van der Waals surface area contributed by atoms with E-state index in [1.54, 1.807) is 36.4 Å². The zero-order chi connectivity index (χ0) is 22.7. The molecule has 1 N–H and O–H groups in total. The van der Waals surface area contributed by atoms with Crippen LogP contribution in [0.4, 0.5) is 11.4 Å². The van der Waals surface area contributed by atoms with E-state index in [1.807, 2.05) is 37.3 Å². The molecular formula is C24H18Cl2N2O3S. The van der Waals surface area contributed by atoms with Gasteiger partial charge in [-0.15, -0.1) is 0 Å². The molecule has 0 saturated carbocycles. The highest BCUT2D eigenvalue weighted by molar-refractivity contribution is 8.04. The molecule has 0 fully saturated rings. The smallest absolute Gasteiger partial charge is 0.283 e. The first-order valence-corrected chi connectivity index (χ1v) is 11.4. The minimum atomic E-state index is -0.494. The van der Waals surface area contributed by atoms with Crippen molar-refractivity contribution >= 4 is 58.2 Å². The molecule has 1 aliphatic heterocycles. The summed E-state index contributed by atoms with van der Waals surface area (Å²) in [6, 6.07) is 21.2. The molecule has 1 aliphatic rings. The van der Waals surface area contributed by atoms with Crippen LogP contribution in [0.5, 0.6) is 5.75 Å². The van der Waals surface area contributed by atoms with Gasteiger partial charge in [-0.05, 0) is 61.5 Å². The van der Waals surface area contributed by atoms with Gasteiger partial charge in [-0.3, -0.25) is 9.59 Å². The van der Waals surface area contributed by atoms with Crippen LogP contribution in [0, 0.1) is 0 Å². The summed E-state index contributed by atoms with van der Waals surface area (Å²) in [5.74, 6) is -0.234. The van der Waals surface area contributed by atoms with E-state index in [0.717, 1.165) is 9.80 Å². The van der Waals surface area contributed by atoms with Crippen molar-refractivity contribution < 1.29 is 14.3 Å². The number of hydrogen-bond acceptors (Lipinski definition) is 5. The van der Waals surface area contributed by atoms with Crippen LogP contribution in [0.1, 0.15) is 6.92 Å². The second-order valence-corrected chi connectivity index (χ2v) is 8.67. The number of rotatable bonds is 7. The van der Waals surface area contributed by atoms with Crippen LogP contribution in [0.2, 0.25) is 10.0 Å². The number of nitrogens with zero attached hydrogens (tertiary/aromatic N) is 1. The number of benzene rings is 3. The van der Waals surface area contributed by atoms with Crippen molar-refractivity contribution in [2.45, 2.75) is 11.8 Å². The summed E-state index contributed by atoms with van der Waals surface area (Å²) in [4.78, 5) is 28.9. The summed E-state index contributed by atoms with van der Waals surface area (Å²) in [7, 11) is 0. The van der Waals surface area contributed by atoms with Gasteiger partial charge in [0, 0.05) is 15.6 Å². The lowest BCUT2D eigenvalue weighted by Crippen LogP contribution is -2.32. The van der Waals surface area contributed by atoms with Gasteiger partial charge in [0.15, 0.2) is 0 Å².